The van der Waals surface area contributed by atoms with E-state index in [-0.39, 0.29) is 11.1 Å². The van der Waals surface area contributed by atoms with Crippen molar-refractivity contribution in [3.8, 4) is 0 Å². The van der Waals surface area contributed by atoms with Crippen LogP contribution < -0.4 is 11.1 Å². The molecule has 0 spiro atoms. The van der Waals surface area contributed by atoms with Crippen molar-refractivity contribution in [3.05, 3.63) is 0 Å². The molecule has 1 fully saturated rings. The van der Waals surface area contributed by atoms with E-state index in [9.17, 15) is 14.8 Å². The Morgan fingerprint density at radius 2 is 2.00 bits per heavy atom. The van der Waals surface area contributed by atoms with Gasteiger partial charge in [-0.15, -0.1) is 0 Å². The van der Waals surface area contributed by atoms with Crippen LogP contribution in [-0.2, 0) is 9.59 Å². The summed E-state index contributed by atoms with van der Waals surface area (Å²) in [7, 11) is 1.95. The van der Waals surface area contributed by atoms with Crippen molar-refractivity contribution >= 4 is 24.3 Å². The number of hydrogen-bond acceptors (Lipinski definition) is 7. The van der Waals surface area contributed by atoms with E-state index in [1.54, 1.807) is 0 Å². The van der Waals surface area contributed by atoms with Crippen LogP contribution in [0.25, 0.3) is 0 Å². The number of rotatable bonds is 6. The van der Waals surface area contributed by atoms with Gasteiger partial charge >= 0.3 is 0 Å². The van der Waals surface area contributed by atoms with Crippen molar-refractivity contribution in [2.75, 3.05) is 18.6 Å². The number of thioether (sulfide) groups is 1. The van der Waals surface area contributed by atoms with Gasteiger partial charge in [-0.05, 0) is 41.2 Å². The van der Waals surface area contributed by atoms with Gasteiger partial charge < -0.3 is 25.8 Å². The Labute approximate surface area is 131 Å². The second kappa shape index (κ2) is 8.85. The predicted molar refractivity (Wildman–Crippen MR) is 86.7 cm³/mol. The van der Waals surface area contributed by atoms with Crippen LogP contribution in [0.1, 0.15) is 34.1 Å². The minimum absolute atomic E-state index is 0.114. The van der Waals surface area contributed by atoms with Gasteiger partial charge in [-0.1, -0.05) is 0 Å². The maximum atomic E-state index is 9.88. The highest BCUT2D eigenvalue weighted by molar-refractivity contribution is 7.99. The number of nitrogens with zero attached hydrogens (tertiary/aromatic N) is 1. The summed E-state index contributed by atoms with van der Waals surface area (Å²) in [5.74, 6) is 0.948. The molecule has 0 saturated carbocycles. The number of nitrogens with two attached hydrogens (primary N) is 1. The summed E-state index contributed by atoms with van der Waals surface area (Å²) >= 11 is 1.36. The topological polar surface area (TPSA) is 95.7 Å². The van der Waals surface area contributed by atoms with Gasteiger partial charge in [0.1, 0.15) is 12.6 Å². The molecular weight excluding hydrogens is 290 g/mol. The first-order valence-corrected chi connectivity index (χ1v) is 8.17. The molecule has 0 aromatic heterocycles. The number of hydroxylamine groups is 2. The van der Waals surface area contributed by atoms with E-state index in [4.69, 9.17) is 5.73 Å². The summed E-state index contributed by atoms with van der Waals surface area (Å²) in [5.41, 5.74) is 4.93. The molecule has 1 aliphatic heterocycles. The third-order valence-electron chi connectivity index (χ3n) is 3.70. The fourth-order valence-corrected chi connectivity index (χ4v) is 3.09. The molecular formula is C14H29N3O3S. The van der Waals surface area contributed by atoms with Crippen molar-refractivity contribution in [1.82, 2.24) is 10.4 Å². The van der Waals surface area contributed by atoms with E-state index < -0.39 is 6.04 Å². The van der Waals surface area contributed by atoms with Crippen molar-refractivity contribution in [1.29, 1.82) is 0 Å². The largest absolute Gasteiger partial charge is 0.321 e. The van der Waals surface area contributed by atoms with Crippen LogP contribution in [-0.4, -0.2) is 64.6 Å². The van der Waals surface area contributed by atoms with Crippen molar-refractivity contribution in [2.24, 2.45) is 5.73 Å². The molecule has 0 bridgehead atoms. The maximum Gasteiger partial charge on any atom is 0.137 e. The molecule has 0 aromatic rings. The van der Waals surface area contributed by atoms with Gasteiger partial charge in [0.15, 0.2) is 0 Å². The molecule has 0 aromatic carbocycles. The molecule has 1 saturated heterocycles. The molecule has 1 rings (SSSR count). The Morgan fingerprint density at radius 1 is 1.43 bits per heavy atom. The number of nitrogens with one attached hydrogen (secondary N) is 1. The van der Waals surface area contributed by atoms with Gasteiger partial charge in [0.25, 0.3) is 0 Å². The molecule has 0 radical (unpaired) electrons. The molecule has 0 amide bonds. The van der Waals surface area contributed by atoms with Crippen molar-refractivity contribution in [3.63, 3.8) is 0 Å². The maximum absolute atomic E-state index is 9.88. The number of carbonyl (C=O) groups is 2. The van der Waals surface area contributed by atoms with Gasteiger partial charge in [-0.2, -0.15) is 16.8 Å². The Bertz CT molecular complexity index is 337. The summed E-state index contributed by atoms with van der Waals surface area (Å²) in [6, 6.07) is -0.0625. The minimum atomic E-state index is -0.421. The van der Waals surface area contributed by atoms with Gasteiger partial charge in [-0.25, -0.2) is 0 Å². The Balaban J connectivity index is 0.000000400. The summed E-state index contributed by atoms with van der Waals surface area (Å²) in [6.07, 6.45) is 2.45. The minimum Gasteiger partial charge on any atom is -0.321 e. The Morgan fingerprint density at radius 3 is 2.29 bits per heavy atom. The van der Waals surface area contributed by atoms with Crippen molar-refractivity contribution in [2.45, 2.75) is 57.3 Å². The standard InChI is InChI=1S/C9H20N2O.C5H9NO2S/c1-8(2)6-7(10-5)9(3,4)11(8)12;6-5(3-8)4-9-2-1-7/h7,10,12H,6H2,1-5H3;1,3,5H,2,4,6H2. The molecule has 7 heteroatoms. The molecule has 0 aliphatic carbocycles. The van der Waals surface area contributed by atoms with E-state index in [0.717, 1.165) is 12.7 Å². The lowest BCUT2D eigenvalue weighted by Gasteiger charge is -2.35. The van der Waals surface area contributed by atoms with Gasteiger partial charge in [0, 0.05) is 23.1 Å². The average molecular weight is 319 g/mol. The van der Waals surface area contributed by atoms with Crippen LogP contribution in [0.15, 0.2) is 0 Å². The van der Waals surface area contributed by atoms with E-state index in [2.05, 4.69) is 33.0 Å². The molecule has 1 aliphatic rings. The van der Waals surface area contributed by atoms with Gasteiger partial charge in [0.05, 0.1) is 11.6 Å². The molecule has 21 heavy (non-hydrogen) atoms. The molecule has 1 heterocycles. The number of likely N-dealkylation sites (N-methyl/N-ethyl adjacent to an activating group) is 1. The van der Waals surface area contributed by atoms with E-state index >= 15 is 0 Å². The summed E-state index contributed by atoms with van der Waals surface area (Å²) in [5, 5.41) is 14.6. The first kappa shape index (κ1) is 20.5. The predicted octanol–water partition coefficient (Wildman–Crippen LogP) is 0.671. The summed E-state index contributed by atoms with van der Waals surface area (Å²) in [6.45, 7) is 8.24. The highest BCUT2D eigenvalue weighted by atomic mass is 32.2. The first-order valence-electron chi connectivity index (χ1n) is 7.02. The van der Waals surface area contributed by atoms with Crippen LogP contribution >= 0.6 is 11.8 Å². The lowest BCUT2D eigenvalue weighted by molar-refractivity contribution is -0.194. The molecule has 4 N–H and O–H groups in total. The van der Waals surface area contributed by atoms with E-state index in [1.807, 2.05) is 7.05 Å². The van der Waals surface area contributed by atoms with E-state index in [0.29, 0.717) is 23.8 Å². The third kappa shape index (κ3) is 6.04. The first-order chi connectivity index (χ1) is 9.63. The summed E-state index contributed by atoms with van der Waals surface area (Å²) in [4.78, 5) is 19.6. The number of aldehydes is 2. The molecule has 2 atom stereocenters. The molecule has 124 valence electrons. The highest BCUT2D eigenvalue weighted by Crippen LogP contribution is 2.38. The lowest BCUT2D eigenvalue weighted by Crippen LogP contribution is -2.51. The monoisotopic (exact) mass is 319 g/mol. The van der Waals surface area contributed by atoms with Crippen LogP contribution in [0.4, 0.5) is 0 Å². The quantitative estimate of drug-likeness (QED) is 0.489. The number of carbonyl (C=O) groups excluding carboxylic acids is 2. The van der Waals surface area contributed by atoms with Gasteiger partial charge in [0.2, 0.25) is 0 Å². The third-order valence-corrected chi connectivity index (χ3v) is 4.69. The zero-order valence-corrected chi connectivity index (χ0v) is 14.4. The van der Waals surface area contributed by atoms with Crippen LogP contribution in [0.3, 0.4) is 0 Å². The molecule has 2 unspecified atom stereocenters. The average Bonchev–Trinajstić information content (AvgIpc) is 2.59. The normalized spacial score (nSPS) is 24.8. The number of hydrogen-bond donors (Lipinski definition) is 3. The fraction of sp³-hybridized carbons (Fsp3) is 0.857. The SMILES string of the molecule is CNC1CC(C)(C)N(O)C1(C)C.NC(C=O)CSCC=O. The van der Waals surface area contributed by atoms with Gasteiger partial charge in [-0.3, -0.25) is 0 Å². The fourth-order valence-electron chi connectivity index (χ4n) is 2.51. The Kier molecular flexibility index (Phi) is 8.65. The lowest BCUT2D eigenvalue weighted by atomic mass is 9.95. The Hall–Kier alpha value is -0.470. The molecule has 6 nitrogen and oxygen atoms in total. The van der Waals surface area contributed by atoms with Crippen molar-refractivity contribution < 1.29 is 14.8 Å². The zero-order chi connectivity index (χ0) is 16.7. The smallest absolute Gasteiger partial charge is 0.137 e. The highest BCUT2D eigenvalue weighted by Gasteiger charge is 2.50. The second-order valence-electron chi connectivity index (χ2n) is 6.33. The van der Waals surface area contributed by atoms with E-state index in [1.165, 1.54) is 16.8 Å². The van der Waals surface area contributed by atoms with Crippen LogP contribution in [0.5, 0.6) is 0 Å². The second-order valence-corrected chi connectivity index (χ2v) is 7.40. The van der Waals surface area contributed by atoms with Crippen LogP contribution in [0, 0.1) is 0 Å². The zero-order valence-electron chi connectivity index (χ0n) is 13.6. The summed E-state index contributed by atoms with van der Waals surface area (Å²) < 4.78 is 0. The van der Waals surface area contributed by atoms with Crippen LogP contribution in [0.2, 0.25) is 0 Å².